The number of hydrogen-bond acceptors (Lipinski definition) is 4. The van der Waals surface area contributed by atoms with Crippen LogP contribution in [0.2, 0.25) is 0 Å². The predicted octanol–water partition coefficient (Wildman–Crippen LogP) is -0.132. The molecule has 5 nitrogen and oxygen atoms in total. The molecule has 2 atom stereocenters. The van der Waals surface area contributed by atoms with Crippen LogP contribution in [-0.2, 0) is 4.79 Å². The lowest BCUT2D eigenvalue weighted by atomic mass is 10.0. The number of nitrogens with one attached hydrogen (secondary N) is 1. The lowest BCUT2D eigenvalue weighted by molar-refractivity contribution is -0.137. The highest BCUT2D eigenvalue weighted by molar-refractivity contribution is 5.78. The Morgan fingerprint density at radius 2 is 2.28 bits per heavy atom. The summed E-state index contributed by atoms with van der Waals surface area (Å²) in [5, 5.41) is 3.53. The van der Waals surface area contributed by atoms with Crippen molar-refractivity contribution >= 4 is 5.91 Å². The summed E-state index contributed by atoms with van der Waals surface area (Å²) in [7, 11) is 1.88. The Balaban J connectivity index is 1.72. The Kier molecular flexibility index (Phi) is 3.01. The number of carbonyl (C=O) groups is 1. The van der Waals surface area contributed by atoms with Crippen LogP contribution >= 0.6 is 0 Å². The number of carbonyl (C=O) groups excluding carboxylic acids is 1. The second kappa shape index (κ2) is 4.66. The Hall–Kier alpha value is -1.46. The van der Waals surface area contributed by atoms with Crippen molar-refractivity contribution in [1.82, 2.24) is 20.1 Å². The van der Waals surface area contributed by atoms with Crippen LogP contribution in [0.4, 0.5) is 0 Å². The van der Waals surface area contributed by atoms with Crippen molar-refractivity contribution in [2.24, 2.45) is 0 Å². The molecule has 2 aliphatic rings. The summed E-state index contributed by atoms with van der Waals surface area (Å²) in [6.45, 7) is 3.13. The number of fused-ring (bicyclic) bond motifs is 1. The van der Waals surface area contributed by atoms with Crippen LogP contribution in [0.5, 0.6) is 0 Å². The first-order chi connectivity index (χ1) is 8.74. The molecule has 0 radical (unpaired) electrons. The monoisotopic (exact) mass is 246 g/mol. The Morgan fingerprint density at radius 1 is 1.39 bits per heavy atom. The standard InChI is InChI=1S/C13H18N4O/c1-16-7-10-6-15-12(8-17(10)9-13(16)18)11-4-2-3-5-14-11/h2-5,10,12,15H,6-9H2,1H3. The summed E-state index contributed by atoms with van der Waals surface area (Å²) in [6, 6.07) is 6.64. The molecule has 2 fully saturated rings. The minimum atomic E-state index is 0.216. The SMILES string of the molecule is CN1CC2CNC(c3ccccn3)CN2CC1=O. The first-order valence-corrected chi connectivity index (χ1v) is 6.36. The minimum Gasteiger partial charge on any atom is -0.343 e. The molecule has 2 unspecified atom stereocenters. The molecule has 3 rings (SSSR count). The van der Waals surface area contributed by atoms with Crippen molar-refractivity contribution in [3.05, 3.63) is 30.1 Å². The van der Waals surface area contributed by atoms with Crippen LogP contribution in [0.25, 0.3) is 0 Å². The molecule has 0 spiro atoms. The summed E-state index contributed by atoms with van der Waals surface area (Å²) >= 11 is 0. The van der Waals surface area contributed by atoms with Crippen molar-refractivity contribution in [2.45, 2.75) is 12.1 Å². The molecule has 1 aromatic heterocycles. The van der Waals surface area contributed by atoms with E-state index in [1.165, 1.54) is 0 Å². The Labute approximate surface area is 107 Å². The van der Waals surface area contributed by atoms with Gasteiger partial charge in [0.15, 0.2) is 0 Å². The quantitative estimate of drug-likeness (QED) is 0.750. The smallest absolute Gasteiger partial charge is 0.236 e. The average molecular weight is 246 g/mol. The second-order valence-corrected chi connectivity index (χ2v) is 5.07. The average Bonchev–Trinajstić information content (AvgIpc) is 2.41. The number of nitrogens with zero attached hydrogens (tertiary/aromatic N) is 3. The van der Waals surface area contributed by atoms with Gasteiger partial charge >= 0.3 is 0 Å². The summed E-state index contributed by atoms with van der Waals surface area (Å²) in [4.78, 5) is 20.2. The zero-order valence-corrected chi connectivity index (χ0v) is 10.5. The first-order valence-electron chi connectivity index (χ1n) is 6.36. The van der Waals surface area contributed by atoms with E-state index in [1.807, 2.05) is 36.3 Å². The molecule has 1 amide bonds. The third kappa shape index (κ3) is 2.11. The van der Waals surface area contributed by atoms with E-state index in [0.29, 0.717) is 12.6 Å². The highest BCUT2D eigenvalue weighted by Crippen LogP contribution is 2.20. The zero-order valence-electron chi connectivity index (χ0n) is 10.5. The Morgan fingerprint density at radius 3 is 3.06 bits per heavy atom. The van der Waals surface area contributed by atoms with Gasteiger partial charge in [-0.15, -0.1) is 0 Å². The number of amides is 1. The largest absolute Gasteiger partial charge is 0.343 e. The van der Waals surface area contributed by atoms with Gasteiger partial charge in [0.25, 0.3) is 0 Å². The fourth-order valence-corrected chi connectivity index (χ4v) is 2.72. The maximum absolute atomic E-state index is 11.7. The van der Waals surface area contributed by atoms with Gasteiger partial charge in [-0.3, -0.25) is 14.7 Å². The van der Waals surface area contributed by atoms with Gasteiger partial charge in [0.1, 0.15) is 0 Å². The van der Waals surface area contributed by atoms with E-state index in [4.69, 9.17) is 0 Å². The number of aromatic nitrogens is 1. The van der Waals surface area contributed by atoms with E-state index < -0.39 is 0 Å². The molecule has 5 heteroatoms. The highest BCUT2D eigenvalue weighted by atomic mass is 16.2. The van der Waals surface area contributed by atoms with E-state index in [-0.39, 0.29) is 11.9 Å². The third-order valence-corrected chi connectivity index (χ3v) is 3.83. The van der Waals surface area contributed by atoms with Crippen molar-refractivity contribution in [3.8, 4) is 0 Å². The van der Waals surface area contributed by atoms with E-state index in [0.717, 1.165) is 25.3 Å². The molecule has 2 saturated heterocycles. The molecule has 1 aromatic rings. The molecule has 0 aromatic carbocycles. The van der Waals surface area contributed by atoms with Gasteiger partial charge in [-0.2, -0.15) is 0 Å². The summed E-state index contributed by atoms with van der Waals surface area (Å²) in [5.41, 5.74) is 1.06. The van der Waals surface area contributed by atoms with E-state index >= 15 is 0 Å². The van der Waals surface area contributed by atoms with Gasteiger partial charge in [-0.05, 0) is 12.1 Å². The fourth-order valence-electron chi connectivity index (χ4n) is 2.72. The predicted molar refractivity (Wildman–Crippen MR) is 68.0 cm³/mol. The van der Waals surface area contributed by atoms with Crippen LogP contribution in [-0.4, -0.2) is 60.0 Å². The normalized spacial score (nSPS) is 29.2. The van der Waals surface area contributed by atoms with E-state index in [2.05, 4.69) is 15.2 Å². The number of hydrogen-bond donors (Lipinski definition) is 1. The molecule has 1 N–H and O–H groups in total. The number of piperazine rings is 2. The lowest BCUT2D eigenvalue weighted by Gasteiger charge is -2.45. The number of rotatable bonds is 1. The maximum atomic E-state index is 11.7. The molecule has 3 heterocycles. The van der Waals surface area contributed by atoms with Crippen LogP contribution in [0, 0.1) is 0 Å². The topological polar surface area (TPSA) is 48.5 Å². The van der Waals surface area contributed by atoms with Gasteiger partial charge in [0.2, 0.25) is 5.91 Å². The Bertz CT molecular complexity index is 436. The fraction of sp³-hybridized carbons (Fsp3) is 0.538. The van der Waals surface area contributed by atoms with Crippen molar-refractivity contribution < 1.29 is 4.79 Å². The molecule has 96 valence electrons. The molecule has 0 bridgehead atoms. The van der Waals surface area contributed by atoms with Crippen LogP contribution in [0.15, 0.2) is 24.4 Å². The van der Waals surface area contributed by atoms with Crippen molar-refractivity contribution in [3.63, 3.8) is 0 Å². The minimum absolute atomic E-state index is 0.216. The lowest BCUT2D eigenvalue weighted by Crippen LogP contribution is -2.62. The third-order valence-electron chi connectivity index (χ3n) is 3.83. The molecule has 0 aliphatic carbocycles. The molecular weight excluding hydrogens is 228 g/mol. The van der Waals surface area contributed by atoms with Gasteiger partial charge < -0.3 is 10.2 Å². The van der Waals surface area contributed by atoms with Crippen molar-refractivity contribution in [1.29, 1.82) is 0 Å². The van der Waals surface area contributed by atoms with Crippen LogP contribution in [0.3, 0.4) is 0 Å². The van der Waals surface area contributed by atoms with Crippen LogP contribution < -0.4 is 5.32 Å². The molecule has 0 saturated carbocycles. The highest BCUT2D eigenvalue weighted by Gasteiger charge is 2.35. The van der Waals surface area contributed by atoms with E-state index in [1.54, 1.807) is 0 Å². The second-order valence-electron chi connectivity index (χ2n) is 5.07. The zero-order chi connectivity index (χ0) is 12.5. The van der Waals surface area contributed by atoms with Gasteiger partial charge in [-0.25, -0.2) is 0 Å². The summed E-state index contributed by atoms with van der Waals surface area (Å²) in [5.74, 6) is 0.216. The maximum Gasteiger partial charge on any atom is 0.236 e. The molecule has 18 heavy (non-hydrogen) atoms. The van der Waals surface area contributed by atoms with Gasteiger partial charge in [-0.1, -0.05) is 6.07 Å². The number of likely N-dealkylation sites (N-methyl/N-ethyl adjacent to an activating group) is 1. The summed E-state index contributed by atoms with van der Waals surface area (Å²) < 4.78 is 0. The van der Waals surface area contributed by atoms with Crippen molar-refractivity contribution in [2.75, 3.05) is 33.2 Å². The van der Waals surface area contributed by atoms with Crippen LogP contribution in [0.1, 0.15) is 11.7 Å². The van der Waals surface area contributed by atoms with Gasteiger partial charge in [0.05, 0.1) is 18.3 Å². The first kappa shape index (κ1) is 11.6. The van der Waals surface area contributed by atoms with E-state index in [9.17, 15) is 4.79 Å². The van der Waals surface area contributed by atoms with Gasteiger partial charge in [0, 0.05) is 38.9 Å². The number of pyridine rings is 1. The molecule has 2 aliphatic heterocycles. The molecular formula is C13H18N4O. The summed E-state index contributed by atoms with van der Waals surface area (Å²) in [6.07, 6.45) is 1.82.